The van der Waals surface area contributed by atoms with Gasteiger partial charge in [0.25, 0.3) is 0 Å². The molecule has 3 aromatic rings. The zero-order valence-electron chi connectivity index (χ0n) is 15.4. The first-order chi connectivity index (χ1) is 13.2. The van der Waals surface area contributed by atoms with Crippen LogP contribution in [0.4, 0.5) is 4.39 Å². The summed E-state index contributed by atoms with van der Waals surface area (Å²) < 4.78 is 14.9. The van der Waals surface area contributed by atoms with Gasteiger partial charge in [-0.2, -0.15) is 5.10 Å². The third kappa shape index (κ3) is 5.95. The van der Waals surface area contributed by atoms with E-state index in [1.165, 1.54) is 17.7 Å². The molecule has 1 aromatic heterocycles. The molecular weight excluding hydrogens is 341 g/mol. The number of aromatic nitrogens is 2. The lowest BCUT2D eigenvalue weighted by Gasteiger charge is -2.11. The predicted molar refractivity (Wildman–Crippen MR) is 106 cm³/mol. The fraction of sp³-hybridized carbons (Fsp3) is 0.238. The fourth-order valence-electron chi connectivity index (χ4n) is 2.65. The van der Waals surface area contributed by atoms with E-state index in [0.29, 0.717) is 13.1 Å². The largest absolute Gasteiger partial charge is 0.357 e. The lowest BCUT2D eigenvalue weighted by Crippen LogP contribution is -2.36. The minimum atomic E-state index is -0.230. The zero-order chi connectivity index (χ0) is 18.9. The van der Waals surface area contributed by atoms with Crippen molar-refractivity contribution in [3.05, 3.63) is 89.5 Å². The van der Waals surface area contributed by atoms with E-state index < -0.39 is 0 Å². The summed E-state index contributed by atoms with van der Waals surface area (Å²) in [6, 6.07) is 16.7. The highest BCUT2D eigenvalue weighted by atomic mass is 19.1. The Morgan fingerprint density at radius 3 is 2.52 bits per heavy atom. The molecule has 0 atom stereocenters. The van der Waals surface area contributed by atoms with Gasteiger partial charge in [-0.05, 0) is 30.2 Å². The van der Waals surface area contributed by atoms with Crippen molar-refractivity contribution < 1.29 is 4.39 Å². The van der Waals surface area contributed by atoms with Crippen molar-refractivity contribution in [1.82, 2.24) is 20.4 Å². The van der Waals surface area contributed by atoms with Crippen molar-refractivity contribution in [3.63, 3.8) is 0 Å². The van der Waals surface area contributed by atoms with Crippen LogP contribution in [0.3, 0.4) is 0 Å². The maximum absolute atomic E-state index is 13.0. The Kier molecular flexibility index (Phi) is 6.57. The van der Waals surface area contributed by atoms with Crippen LogP contribution in [0.15, 0.2) is 72.0 Å². The molecule has 27 heavy (non-hydrogen) atoms. The molecule has 5 nitrogen and oxygen atoms in total. The van der Waals surface area contributed by atoms with Crippen molar-refractivity contribution in [3.8, 4) is 0 Å². The van der Waals surface area contributed by atoms with Crippen molar-refractivity contribution >= 4 is 5.96 Å². The van der Waals surface area contributed by atoms with E-state index in [-0.39, 0.29) is 5.82 Å². The smallest absolute Gasteiger partial charge is 0.191 e. The molecule has 0 saturated carbocycles. The summed E-state index contributed by atoms with van der Waals surface area (Å²) in [7, 11) is 0. The maximum atomic E-state index is 13.0. The van der Waals surface area contributed by atoms with E-state index >= 15 is 0 Å². The van der Waals surface area contributed by atoms with E-state index in [1.807, 2.05) is 42.2 Å². The summed E-state index contributed by atoms with van der Waals surface area (Å²) >= 11 is 0. The second kappa shape index (κ2) is 9.52. The molecular formula is C21H24FN5. The topological polar surface area (TPSA) is 54.2 Å². The third-order valence-corrected chi connectivity index (χ3v) is 4.01. The van der Waals surface area contributed by atoms with Crippen LogP contribution in [-0.4, -0.2) is 22.3 Å². The van der Waals surface area contributed by atoms with Gasteiger partial charge in [-0.1, -0.05) is 42.5 Å². The van der Waals surface area contributed by atoms with Crippen LogP contribution in [0.2, 0.25) is 0 Å². The molecule has 0 saturated heterocycles. The maximum Gasteiger partial charge on any atom is 0.191 e. The SMILES string of the molecule is CCNC(=NCc1cnn(Cc2ccccc2)c1)NCc1ccc(F)cc1. The molecule has 0 amide bonds. The van der Waals surface area contributed by atoms with Crippen molar-refractivity contribution in [2.24, 2.45) is 4.99 Å². The Morgan fingerprint density at radius 1 is 1.00 bits per heavy atom. The average molecular weight is 365 g/mol. The van der Waals surface area contributed by atoms with Crippen molar-refractivity contribution in [2.75, 3.05) is 6.54 Å². The summed E-state index contributed by atoms with van der Waals surface area (Å²) in [5.41, 5.74) is 3.26. The van der Waals surface area contributed by atoms with Gasteiger partial charge >= 0.3 is 0 Å². The molecule has 0 unspecified atom stereocenters. The second-order valence-corrected chi connectivity index (χ2v) is 6.21. The monoisotopic (exact) mass is 365 g/mol. The molecule has 0 fully saturated rings. The Labute approximate surface area is 159 Å². The minimum Gasteiger partial charge on any atom is -0.357 e. The Bertz CT molecular complexity index is 856. The van der Waals surface area contributed by atoms with Crippen LogP contribution in [0, 0.1) is 5.82 Å². The van der Waals surface area contributed by atoms with Gasteiger partial charge in [-0.3, -0.25) is 4.68 Å². The Morgan fingerprint density at radius 2 is 1.78 bits per heavy atom. The molecule has 0 aliphatic heterocycles. The lowest BCUT2D eigenvalue weighted by atomic mass is 10.2. The number of benzene rings is 2. The van der Waals surface area contributed by atoms with E-state index in [0.717, 1.165) is 30.2 Å². The fourth-order valence-corrected chi connectivity index (χ4v) is 2.65. The van der Waals surface area contributed by atoms with Gasteiger partial charge in [0.2, 0.25) is 0 Å². The van der Waals surface area contributed by atoms with Crippen molar-refractivity contribution in [1.29, 1.82) is 0 Å². The van der Waals surface area contributed by atoms with E-state index in [2.05, 4.69) is 32.9 Å². The first-order valence-electron chi connectivity index (χ1n) is 9.05. The predicted octanol–water partition coefficient (Wildman–Crippen LogP) is 3.33. The first kappa shape index (κ1) is 18.6. The molecule has 2 aromatic carbocycles. The van der Waals surface area contributed by atoms with Crippen molar-refractivity contribution in [2.45, 2.75) is 26.6 Å². The van der Waals surface area contributed by atoms with E-state index in [1.54, 1.807) is 12.1 Å². The summed E-state index contributed by atoms with van der Waals surface area (Å²) in [4.78, 5) is 4.60. The van der Waals surface area contributed by atoms with Gasteiger partial charge in [-0.15, -0.1) is 0 Å². The van der Waals surface area contributed by atoms with Crippen LogP contribution in [0.25, 0.3) is 0 Å². The molecule has 0 aliphatic carbocycles. The molecule has 3 rings (SSSR count). The summed E-state index contributed by atoms with van der Waals surface area (Å²) in [5, 5.41) is 10.9. The second-order valence-electron chi connectivity index (χ2n) is 6.21. The highest BCUT2D eigenvalue weighted by Gasteiger charge is 2.02. The molecule has 1 heterocycles. The molecule has 140 valence electrons. The number of hydrogen-bond acceptors (Lipinski definition) is 2. The van der Waals surface area contributed by atoms with Crippen LogP contribution < -0.4 is 10.6 Å². The molecule has 0 radical (unpaired) electrons. The normalized spacial score (nSPS) is 11.4. The first-order valence-corrected chi connectivity index (χ1v) is 9.05. The van der Waals surface area contributed by atoms with Crippen LogP contribution in [-0.2, 0) is 19.6 Å². The van der Waals surface area contributed by atoms with Gasteiger partial charge in [0.15, 0.2) is 5.96 Å². The van der Waals surface area contributed by atoms with Gasteiger partial charge < -0.3 is 10.6 Å². The third-order valence-electron chi connectivity index (χ3n) is 4.01. The highest BCUT2D eigenvalue weighted by Crippen LogP contribution is 2.05. The Balaban J connectivity index is 1.57. The number of halogens is 1. The standard InChI is InChI=1S/C21H24FN5/c1-2-23-21(24-12-17-8-10-20(22)11-9-17)25-13-19-14-26-27(16-19)15-18-6-4-3-5-7-18/h3-11,14,16H,2,12-13,15H2,1H3,(H2,23,24,25). The molecule has 0 aliphatic rings. The number of rotatable bonds is 7. The lowest BCUT2D eigenvalue weighted by molar-refractivity contribution is 0.626. The molecule has 0 bridgehead atoms. The van der Waals surface area contributed by atoms with Gasteiger partial charge in [0, 0.05) is 24.8 Å². The minimum absolute atomic E-state index is 0.230. The van der Waals surface area contributed by atoms with E-state index in [9.17, 15) is 4.39 Å². The molecule has 6 heteroatoms. The van der Waals surface area contributed by atoms with Gasteiger partial charge in [0.05, 0.1) is 19.3 Å². The van der Waals surface area contributed by atoms with E-state index in [4.69, 9.17) is 0 Å². The van der Waals surface area contributed by atoms with Gasteiger partial charge in [0.1, 0.15) is 5.82 Å². The average Bonchev–Trinajstić information content (AvgIpc) is 3.13. The zero-order valence-corrected chi connectivity index (χ0v) is 15.4. The summed E-state index contributed by atoms with van der Waals surface area (Å²) in [6.07, 6.45) is 3.86. The summed E-state index contributed by atoms with van der Waals surface area (Å²) in [5.74, 6) is 0.490. The highest BCUT2D eigenvalue weighted by molar-refractivity contribution is 5.79. The number of hydrogen-bond donors (Lipinski definition) is 2. The Hall–Kier alpha value is -3.15. The quantitative estimate of drug-likeness (QED) is 0.499. The van der Waals surface area contributed by atoms with Crippen LogP contribution in [0.1, 0.15) is 23.6 Å². The number of guanidine groups is 1. The summed E-state index contributed by atoms with van der Waals surface area (Å²) in [6.45, 7) is 4.65. The van der Waals surface area contributed by atoms with Crippen LogP contribution in [0.5, 0.6) is 0 Å². The molecule has 2 N–H and O–H groups in total. The molecule has 0 spiro atoms. The number of aliphatic imine (C=N–C) groups is 1. The van der Waals surface area contributed by atoms with Gasteiger partial charge in [-0.25, -0.2) is 9.38 Å². The number of nitrogens with zero attached hydrogens (tertiary/aromatic N) is 3. The van der Waals surface area contributed by atoms with Crippen LogP contribution >= 0.6 is 0 Å². The number of nitrogens with one attached hydrogen (secondary N) is 2.